The lowest BCUT2D eigenvalue weighted by Gasteiger charge is -2.47. The summed E-state index contributed by atoms with van der Waals surface area (Å²) in [6.07, 6.45) is 0.378. The van der Waals surface area contributed by atoms with Crippen molar-refractivity contribution in [2.75, 3.05) is 18.4 Å². The Morgan fingerprint density at radius 2 is 1.94 bits per heavy atom. The Balaban J connectivity index is 1.81. The van der Waals surface area contributed by atoms with Gasteiger partial charge in [-0.25, -0.2) is 9.78 Å². The highest BCUT2D eigenvalue weighted by molar-refractivity contribution is 6.30. The number of hydrogen-bond acceptors (Lipinski definition) is 6. The number of carbonyl (C=O) groups is 2. The number of halogens is 1. The van der Waals surface area contributed by atoms with Gasteiger partial charge in [0.2, 0.25) is 0 Å². The third-order valence-electron chi connectivity index (χ3n) is 6.55. The summed E-state index contributed by atoms with van der Waals surface area (Å²) in [5.41, 5.74) is -0.482. The fraction of sp³-hybridized carbons (Fsp3) is 0.500. The third kappa shape index (κ3) is 5.19. The SMILES string of the molecule is Cc1c(Cl)nc(NC[C@@]2(C(C)(C)C)CCCN2C(=O)O)c(=O)n1CC(=O)OCc1ccccc1. The van der Waals surface area contributed by atoms with Crippen molar-refractivity contribution in [3.63, 3.8) is 0 Å². The number of carboxylic acid groups (broad SMARTS) is 1. The fourth-order valence-corrected chi connectivity index (χ4v) is 4.64. The first kappa shape index (κ1) is 25.6. The topological polar surface area (TPSA) is 114 Å². The summed E-state index contributed by atoms with van der Waals surface area (Å²) in [4.78, 5) is 43.2. The van der Waals surface area contributed by atoms with Gasteiger partial charge in [0.25, 0.3) is 5.56 Å². The lowest BCUT2D eigenvalue weighted by molar-refractivity contribution is -0.145. The van der Waals surface area contributed by atoms with Gasteiger partial charge < -0.3 is 20.1 Å². The lowest BCUT2D eigenvalue weighted by Crippen LogP contribution is -2.59. The molecule has 0 bridgehead atoms. The zero-order valence-electron chi connectivity index (χ0n) is 19.9. The summed E-state index contributed by atoms with van der Waals surface area (Å²) in [5.74, 6) is -0.617. The Labute approximate surface area is 203 Å². The van der Waals surface area contributed by atoms with Gasteiger partial charge in [0.05, 0.1) is 11.2 Å². The van der Waals surface area contributed by atoms with Gasteiger partial charge >= 0.3 is 12.1 Å². The third-order valence-corrected chi connectivity index (χ3v) is 6.91. The van der Waals surface area contributed by atoms with Gasteiger partial charge in [-0.05, 0) is 30.7 Å². The number of carbonyl (C=O) groups excluding carboxylic acids is 1. The molecule has 2 heterocycles. The molecule has 0 radical (unpaired) electrons. The zero-order chi connectivity index (χ0) is 25.1. The molecule has 1 aromatic heterocycles. The van der Waals surface area contributed by atoms with Crippen molar-refractivity contribution < 1.29 is 19.4 Å². The number of likely N-dealkylation sites (tertiary alicyclic amines) is 1. The zero-order valence-corrected chi connectivity index (χ0v) is 20.7. The number of nitrogens with zero attached hydrogens (tertiary/aromatic N) is 3. The number of rotatable bonds is 7. The van der Waals surface area contributed by atoms with Crippen molar-refractivity contribution in [1.82, 2.24) is 14.5 Å². The maximum Gasteiger partial charge on any atom is 0.407 e. The second-order valence-corrected chi connectivity index (χ2v) is 9.91. The van der Waals surface area contributed by atoms with Gasteiger partial charge in [-0.1, -0.05) is 62.7 Å². The number of benzene rings is 1. The van der Waals surface area contributed by atoms with Crippen LogP contribution in [0.4, 0.5) is 10.6 Å². The fourth-order valence-electron chi connectivity index (χ4n) is 4.45. The van der Waals surface area contributed by atoms with Crippen molar-refractivity contribution in [1.29, 1.82) is 0 Å². The smallest absolute Gasteiger partial charge is 0.407 e. The molecule has 3 rings (SSSR count). The van der Waals surface area contributed by atoms with E-state index in [1.165, 1.54) is 9.47 Å². The summed E-state index contributed by atoms with van der Waals surface area (Å²) >= 11 is 6.28. The summed E-state index contributed by atoms with van der Waals surface area (Å²) in [6, 6.07) is 9.24. The van der Waals surface area contributed by atoms with Crippen LogP contribution in [-0.4, -0.2) is 50.2 Å². The van der Waals surface area contributed by atoms with E-state index >= 15 is 0 Å². The maximum atomic E-state index is 13.2. The van der Waals surface area contributed by atoms with Crippen LogP contribution in [0, 0.1) is 12.3 Å². The van der Waals surface area contributed by atoms with Crippen LogP contribution in [0.5, 0.6) is 0 Å². The number of nitrogens with one attached hydrogen (secondary N) is 1. The Hall–Kier alpha value is -3.07. The predicted octanol–water partition coefficient (Wildman–Crippen LogP) is 3.92. The molecule has 0 unspecified atom stereocenters. The Morgan fingerprint density at radius 1 is 1.26 bits per heavy atom. The number of aromatic nitrogens is 2. The minimum absolute atomic E-state index is 0.0349. The molecule has 1 aliphatic heterocycles. The highest BCUT2D eigenvalue weighted by Gasteiger charge is 2.51. The quantitative estimate of drug-likeness (QED) is 0.565. The van der Waals surface area contributed by atoms with Gasteiger partial charge in [0.15, 0.2) is 11.0 Å². The monoisotopic (exact) mass is 490 g/mol. The van der Waals surface area contributed by atoms with E-state index in [0.29, 0.717) is 18.7 Å². The van der Waals surface area contributed by atoms with Crippen molar-refractivity contribution >= 4 is 29.5 Å². The van der Waals surface area contributed by atoms with E-state index < -0.39 is 28.6 Å². The van der Waals surface area contributed by atoms with E-state index in [9.17, 15) is 19.5 Å². The minimum atomic E-state index is -0.998. The number of esters is 1. The first-order chi connectivity index (χ1) is 16.0. The molecule has 1 fully saturated rings. The molecule has 184 valence electrons. The molecule has 9 nitrogen and oxygen atoms in total. The molecule has 1 aromatic carbocycles. The van der Waals surface area contributed by atoms with Gasteiger partial charge in [0, 0.05) is 13.1 Å². The van der Waals surface area contributed by atoms with Crippen LogP contribution in [-0.2, 0) is 22.7 Å². The first-order valence-corrected chi connectivity index (χ1v) is 11.5. The second-order valence-electron chi connectivity index (χ2n) is 9.55. The van der Waals surface area contributed by atoms with Gasteiger partial charge in [-0.3, -0.25) is 14.2 Å². The van der Waals surface area contributed by atoms with Crippen molar-refractivity contribution in [2.24, 2.45) is 5.41 Å². The number of anilines is 1. The molecule has 0 spiro atoms. The van der Waals surface area contributed by atoms with E-state index in [0.717, 1.165) is 12.0 Å². The van der Waals surface area contributed by atoms with Gasteiger partial charge in [-0.2, -0.15) is 0 Å². The van der Waals surface area contributed by atoms with Crippen LogP contribution in [0.25, 0.3) is 0 Å². The van der Waals surface area contributed by atoms with Crippen LogP contribution >= 0.6 is 11.6 Å². The van der Waals surface area contributed by atoms with Crippen LogP contribution in [0.3, 0.4) is 0 Å². The maximum absolute atomic E-state index is 13.2. The Kier molecular flexibility index (Phi) is 7.55. The molecular weight excluding hydrogens is 460 g/mol. The molecule has 1 saturated heterocycles. The molecule has 0 saturated carbocycles. The Bertz CT molecular complexity index is 1110. The summed E-state index contributed by atoms with van der Waals surface area (Å²) < 4.78 is 6.53. The Morgan fingerprint density at radius 3 is 2.56 bits per heavy atom. The highest BCUT2D eigenvalue weighted by atomic mass is 35.5. The van der Waals surface area contributed by atoms with Crippen LogP contribution in [0.1, 0.15) is 44.9 Å². The van der Waals surface area contributed by atoms with Crippen molar-refractivity contribution in [2.45, 2.75) is 59.2 Å². The highest BCUT2D eigenvalue weighted by Crippen LogP contribution is 2.43. The van der Waals surface area contributed by atoms with Crippen LogP contribution in [0.2, 0.25) is 5.15 Å². The first-order valence-electron chi connectivity index (χ1n) is 11.2. The van der Waals surface area contributed by atoms with Crippen molar-refractivity contribution in [3.8, 4) is 0 Å². The average Bonchev–Trinajstić information content (AvgIpc) is 3.23. The van der Waals surface area contributed by atoms with E-state index in [1.54, 1.807) is 6.92 Å². The molecule has 34 heavy (non-hydrogen) atoms. The summed E-state index contributed by atoms with van der Waals surface area (Å²) in [5, 5.41) is 12.9. The number of amides is 1. The van der Waals surface area contributed by atoms with E-state index in [4.69, 9.17) is 16.3 Å². The molecule has 1 aliphatic rings. The lowest BCUT2D eigenvalue weighted by atomic mass is 9.71. The summed E-state index contributed by atoms with van der Waals surface area (Å²) in [7, 11) is 0. The molecule has 1 amide bonds. The minimum Gasteiger partial charge on any atom is -0.465 e. The van der Waals surface area contributed by atoms with E-state index in [2.05, 4.69) is 10.3 Å². The van der Waals surface area contributed by atoms with Gasteiger partial charge in [-0.15, -0.1) is 0 Å². The number of hydrogen-bond donors (Lipinski definition) is 2. The van der Waals surface area contributed by atoms with Crippen LogP contribution in [0.15, 0.2) is 35.1 Å². The van der Waals surface area contributed by atoms with E-state index in [-0.39, 0.29) is 30.7 Å². The van der Waals surface area contributed by atoms with Crippen LogP contribution < -0.4 is 10.9 Å². The number of ether oxygens (including phenoxy) is 1. The summed E-state index contributed by atoms with van der Waals surface area (Å²) in [6.45, 7) is 7.92. The molecular formula is C24H31ClN4O5. The molecule has 0 aliphatic carbocycles. The molecule has 1 atom stereocenters. The average molecular weight is 491 g/mol. The van der Waals surface area contributed by atoms with Gasteiger partial charge in [0.1, 0.15) is 13.2 Å². The second kappa shape index (κ2) is 10.0. The largest absolute Gasteiger partial charge is 0.465 e. The standard InChI is InChI=1S/C24H31ClN4O5/c1-16-19(25)27-20(26-15-24(23(2,3)4)11-8-12-29(24)22(32)33)21(31)28(16)13-18(30)34-14-17-9-6-5-7-10-17/h5-7,9-10H,8,11-15H2,1-4H3,(H,26,27)(H,32,33)/t24-/m1/s1. The molecule has 10 heteroatoms. The molecule has 2 aromatic rings. The van der Waals surface area contributed by atoms with Crippen molar-refractivity contribution in [3.05, 3.63) is 57.1 Å². The predicted molar refractivity (Wildman–Crippen MR) is 129 cm³/mol. The van der Waals surface area contributed by atoms with E-state index in [1.807, 2.05) is 51.1 Å². The molecule has 2 N–H and O–H groups in total. The normalized spacial score (nSPS) is 18.1.